The Hall–Kier alpha value is -2.50. The van der Waals surface area contributed by atoms with Crippen LogP contribution in [0.3, 0.4) is 0 Å². The van der Waals surface area contributed by atoms with Gasteiger partial charge in [-0.3, -0.25) is 14.5 Å². The molecule has 2 atom stereocenters. The summed E-state index contributed by atoms with van der Waals surface area (Å²) in [6, 6.07) is 16.0. The maximum atomic E-state index is 12.8. The van der Waals surface area contributed by atoms with Gasteiger partial charge >= 0.3 is 0 Å². The summed E-state index contributed by atoms with van der Waals surface area (Å²) in [6.45, 7) is 7.52. The van der Waals surface area contributed by atoms with Crippen molar-refractivity contribution in [3.8, 4) is 0 Å². The van der Waals surface area contributed by atoms with Crippen LogP contribution in [0.2, 0.25) is 0 Å². The highest BCUT2D eigenvalue weighted by Gasteiger charge is 2.22. The van der Waals surface area contributed by atoms with E-state index in [0.717, 1.165) is 26.1 Å². The molecule has 0 bridgehead atoms. The Labute approximate surface area is 166 Å². The van der Waals surface area contributed by atoms with Gasteiger partial charge in [0.25, 0.3) is 5.91 Å². The van der Waals surface area contributed by atoms with Gasteiger partial charge < -0.3 is 10.1 Å². The number of nitrogens with zero attached hydrogens (tertiary/aromatic N) is 1. The minimum absolute atomic E-state index is 0.136. The Morgan fingerprint density at radius 3 is 2.25 bits per heavy atom. The molecule has 5 heteroatoms. The second kappa shape index (κ2) is 9.62. The molecule has 3 rings (SSSR count). The fraction of sp³-hybridized carbons (Fsp3) is 0.391. The van der Waals surface area contributed by atoms with E-state index in [1.807, 2.05) is 18.2 Å². The summed E-state index contributed by atoms with van der Waals surface area (Å²) in [5, 5.41) is 2.96. The molecule has 5 nitrogen and oxygen atoms in total. The number of benzene rings is 2. The summed E-state index contributed by atoms with van der Waals surface area (Å²) in [4.78, 5) is 27.8. The van der Waals surface area contributed by atoms with Gasteiger partial charge in [0, 0.05) is 37.3 Å². The van der Waals surface area contributed by atoms with E-state index < -0.39 is 0 Å². The molecular formula is C23H28N2O3. The number of ketones is 1. The molecule has 0 spiro atoms. The molecule has 0 aromatic heterocycles. The Balaban J connectivity index is 1.56. The topological polar surface area (TPSA) is 58.6 Å². The van der Waals surface area contributed by atoms with E-state index in [1.165, 1.54) is 0 Å². The smallest absolute Gasteiger partial charge is 0.252 e. The predicted molar refractivity (Wildman–Crippen MR) is 110 cm³/mol. The van der Waals surface area contributed by atoms with Crippen LogP contribution in [-0.4, -0.2) is 55.0 Å². The number of hydrogen-bond donors (Lipinski definition) is 1. The minimum Gasteiger partial charge on any atom is -0.373 e. The van der Waals surface area contributed by atoms with Gasteiger partial charge in [-0.15, -0.1) is 0 Å². The van der Waals surface area contributed by atoms with Crippen molar-refractivity contribution in [1.29, 1.82) is 0 Å². The Morgan fingerprint density at radius 2 is 1.57 bits per heavy atom. The molecule has 1 aliphatic heterocycles. The zero-order valence-corrected chi connectivity index (χ0v) is 16.6. The third-order valence-corrected chi connectivity index (χ3v) is 4.88. The zero-order valence-electron chi connectivity index (χ0n) is 16.6. The maximum Gasteiger partial charge on any atom is 0.252 e. The molecule has 1 saturated heterocycles. The Bertz CT molecular complexity index is 797. The highest BCUT2D eigenvalue weighted by molar-refractivity contribution is 6.15. The number of hydrogen-bond acceptors (Lipinski definition) is 4. The third kappa shape index (κ3) is 5.27. The number of rotatable bonds is 7. The molecule has 1 heterocycles. The van der Waals surface area contributed by atoms with E-state index in [0.29, 0.717) is 23.2 Å². The fourth-order valence-electron chi connectivity index (χ4n) is 3.69. The van der Waals surface area contributed by atoms with Crippen molar-refractivity contribution in [2.75, 3.05) is 26.2 Å². The first kappa shape index (κ1) is 20.2. The van der Waals surface area contributed by atoms with E-state index >= 15 is 0 Å². The molecule has 2 aromatic carbocycles. The van der Waals surface area contributed by atoms with E-state index in [2.05, 4.69) is 24.1 Å². The number of carbonyl (C=O) groups excluding carboxylic acids is 2. The Kier molecular flexibility index (Phi) is 6.95. The van der Waals surface area contributed by atoms with Gasteiger partial charge in [-0.25, -0.2) is 0 Å². The molecule has 1 fully saturated rings. The predicted octanol–water partition coefficient (Wildman–Crippen LogP) is 3.15. The van der Waals surface area contributed by atoms with E-state index in [1.54, 1.807) is 36.4 Å². The van der Waals surface area contributed by atoms with Crippen molar-refractivity contribution in [3.63, 3.8) is 0 Å². The third-order valence-electron chi connectivity index (χ3n) is 4.88. The molecule has 0 saturated carbocycles. The molecule has 28 heavy (non-hydrogen) atoms. The summed E-state index contributed by atoms with van der Waals surface area (Å²) in [5.74, 6) is -0.341. The van der Waals surface area contributed by atoms with E-state index in [4.69, 9.17) is 4.74 Å². The van der Waals surface area contributed by atoms with Crippen LogP contribution in [0.25, 0.3) is 0 Å². The standard InChI is InChI=1S/C23H28N2O3/c1-17-15-25(16-18(2)28-17)14-8-13-24-23(27)21-12-7-6-11-20(21)22(26)19-9-4-3-5-10-19/h3-7,9-12,17-18H,8,13-16H2,1-2H3,(H,24,27)/t17-,18+. The summed E-state index contributed by atoms with van der Waals surface area (Å²) < 4.78 is 5.75. The summed E-state index contributed by atoms with van der Waals surface area (Å²) in [7, 11) is 0. The average Bonchev–Trinajstić information content (AvgIpc) is 2.70. The van der Waals surface area contributed by atoms with Crippen molar-refractivity contribution in [1.82, 2.24) is 10.2 Å². The van der Waals surface area contributed by atoms with E-state index in [9.17, 15) is 9.59 Å². The molecule has 148 valence electrons. The maximum absolute atomic E-state index is 12.8. The van der Waals surface area contributed by atoms with Crippen LogP contribution < -0.4 is 5.32 Å². The van der Waals surface area contributed by atoms with Crippen molar-refractivity contribution in [2.45, 2.75) is 32.5 Å². The van der Waals surface area contributed by atoms with Crippen LogP contribution in [0.15, 0.2) is 54.6 Å². The number of ether oxygens (including phenoxy) is 1. The molecule has 0 aliphatic carbocycles. The molecule has 2 aromatic rings. The molecule has 0 unspecified atom stereocenters. The first-order chi connectivity index (χ1) is 13.5. The van der Waals surface area contributed by atoms with Crippen LogP contribution in [0.4, 0.5) is 0 Å². The summed E-state index contributed by atoms with van der Waals surface area (Å²) in [5.41, 5.74) is 1.44. The largest absolute Gasteiger partial charge is 0.373 e. The number of amides is 1. The molecule has 0 radical (unpaired) electrons. The van der Waals surface area contributed by atoms with E-state index in [-0.39, 0.29) is 23.9 Å². The lowest BCUT2D eigenvalue weighted by atomic mass is 9.98. The van der Waals surface area contributed by atoms with Crippen LogP contribution in [0.5, 0.6) is 0 Å². The van der Waals surface area contributed by atoms with Gasteiger partial charge in [0.1, 0.15) is 0 Å². The lowest BCUT2D eigenvalue weighted by Gasteiger charge is -2.35. The monoisotopic (exact) mass is 380 g/mol. The van der Waals surface area contributed by atoms with Gasteiger partial charge in [-0.05, 0) is 26.3 Å². The molecule has 1 N–H and O–H groups in total. The second-order valence-corrected chi connectivity index (χ2v) is 7.37. The van der Waals surface area contributed by atoms with Crippen LogP contribution in [-0.2, 0) is 4.74 Å². The number of nitrogens with one attached hydrogen (secondary N) is 1. The second-order valence-electron chi connectivity index (χ2n) is 7.37. The van der Waals surface area contributed by atoms with Crippen molar-refractivity contribution in [2.24, 2.45) is 0 Å². The molecule has 1 amide bonds. The fourth-order valence-corrected chi connectivity index (χ4v) is 3.69. The first-order valence-corrected chi connectivity index (χ1v) is 9.89. The highest BCUT2D eigenvalue weighted by Crippen LogP contribution is 2.15. The van der Waals surface area contributed by atoms with Gasteiger partial charge in [0.15, 0.2) is 5.78 Å². The van der Waals surface area contributed by atoms with Crippen LogP contribution >= 0.6 is 0 Å². The Morgan fingerprint density at radius 1 is 0.964 bits per heavy atom. The SMILES string of the molecule is C[C@@H]1CN(CCCNC(=O)c2ccccc2C(=O)c2ccccc2)C[C@H](C)O1. The van der Waals surface area contributed by atoms with Crippen molar-refractivity contribution < 1.29 is 14.3 Å². The summed E-state index contributed by atoms with van der Waals surface area (Å²) in [6.07, 6.45) is 1.35. The molecular weight excluding hydrogens is 352 g/mol. The normalized spacial score (nSPS) is 19.9. The molecule has 1 aliphatic rings. The first-order valence-electron chi connectivity index (χ1n) is 9.89. The zero-order chi connectivity index (χ0) is 19.9. The van der Waals surface area contributed by atoms with Gasteiger partial charge in [-0.1, -0.05) is 48.5 Å². The van der Waals surface area contributed by atoms with Crippen molar-refractivity contribution in [3.05, 3.63) is 71.3 Å². The lowest BCUT2D eigenvalue weighted by Crippen LogP contribution is -2.46. The van der Waals surface area contributed by atoms with Gasteiger partial charge in [0.05, 0.1) is 17.8 Å². The number of morpholine rings is 1. The quantitative estimate of drug-likeness (QED) is 0.592. The van der Waals surface area contributed by atoms with Crippen molar-refractivity contribution >= 4 is 11.7 Å². The van der Waals surface area contributed by atoms with Crippen LogP contribution in [0.1, 0.15) is 46.5 Å². The van der Waals surface area contributed by atoms with Crippen LogP contribution in [0, 0.1) is 0 Å². The number of carbonyl (C=O) groups is 2. The highest BCUT2D eigenvalue weighted by atomic mass is 16.5. The van der Waals surface area contributed by atoms with Gasteiger partial charge in [0.2, 0.25) is 0 Å². The van der Waals surface area contributed by atoms with Gasteiger partial charge in [-0.2, -0.15) is 0 Å². The average molecular weight is 380 g/mol. The minimum atomic E-state index is -0.205. The lowest BCUT2D eigenvalue weighted by molar-refractivity contribution is -0.0680. The summed E-state index contributed by atoms with van der Waals surface area (Å²) >= 11 is 0.